The molecular weight excluding hydrogens is 308 g/mol. The molecule has 1 saturated carbocycles. The van der Waals surface area contributed by atoms with Crippen LogP contribution in [0.5, 0.6) is 0 Å². The van der Waals surface area contributed by atoms with Crippen molar-refractivity contribution in [3.63, 3.8) is 0 Å². The van der Waals surface area contributed by atoms with Crippen molar-refractivity contribution in [2.24, 2.45) is 0 Å². The average molecular weight is 336 g/mol. The highest BCUT2D eigenvalue weighted by molar-refractivity contribution is 6.01. The number of nitrogens with zero attached hydrogens (tertiary/aromatic N) is 4. The number of amides is 4. The molecule has 7 nitrogen and oxygen atoms in total. The van der Waals surface area contributed by atoms with E-state index in [9.17, 15) is 14.4 Å². The van der Waals surface area contributed by atoms with Gasteiger partial charge in [-0.1, -0.05) is 12.8 Å². The van der Waals surface area contributed by atoms with E-state index >= 15 is 0 Å². The van der Waals surface area contributed by atoms with E-state index in [-0.39, 0.29) is 24.4 Å². The summed E-state index contributed by atoms with van der Waals surface area (Å²) in [6.45, 7) is 4.06. The maximum atomic E-state index is 12.3. The Morgan fingerprint density at radius 3 is 2.33 bits per heavy atom. The quantitative estimate of drug-likeness (QED) is 0.695. The fourth-order valence-corrected chi connectivity index (χ4v) is 4.04. The molecule has 0 N–H and O–H groups in total. The summed E-state index contributed by atoms with van der Waals surface area (Å²) in [6.07, 6.45) is 6.25. The lowest BCUT2D eigenvalue weighted by Gasteiger charge is -2.38. The highest BCUT2D eigenvalue weighted by atomic mass is 16.2. The Hall–Kier alpha value is -1.63. The van der Waals surface area contributed by atoms with Gasteiger partial charge in [0, 0.05) is 52.2 Å². The molecule has 7 heteroatoms. The standard InChI is InChI=1S/C17H28N4O3/c1-18-13-16(23)21(17(18)24)8-4-7-15(22)20-11-9-19(10-12-20)14-5-2-3-6-14/h14H,2-13H2,1H3. The van der Waals surface area contributed by atoms with Crippen LogP contribution in [0.4, 0.5) is 4.79 Å². The van der Waals surface area contributed by atoms with Crippen LogP contribution in [0.1, 0.15) is 38.5 Å². The van der Waals surface area contributed by atoms with Crippen LogP contribution in [0.3, 0.4) is 0 Å². The van der Waals surface area contributed by atoms with Crippen LogP contribution in [-0.4, -0.2) is 89.8 Å². The fourth-order valence-electron chi connectivity index (χ4n) is 4.04. The second-order valence-corrected chi connectivity index (χ2v) is 7.14. The Morgan fingerprint density at radius 2 is 1.75 bits per heavy atom. The fraction of sp³-hybridized carbons (Fsp3) is 0.824. The van der Waals surface area contributed by atoms with E-state index in [2.05, 4.69) is 4.90 Å². The predicted molar refractivity (Wildman–Crippen MR) is 89.4 cm³/mol. The largest absolute Gasteiger partial charge is 0.340 e. The van der Waals surface area contributed by atoms with Gasteiger partial charge in [-0.3, -0.25) is 19.4 Å². The summed E-state index contributed by atoms with van der Waals surface area (Å²) in [4.78, 5) is 43.0. The van der Waals surface area contributed by atoms with Gasteiger partial charge >= 0.3 is 6.03 Å². The number of carbonyl (C=O) groups excluding carboxylic acids is 3. The molecule has 0 radical (unpaired) electrons. The highest BCUT2D eigenvalue weighted by Crippen LogP contribution is 2.24. The van der Waals surface area contributed by atoms with Gasteiger partial charge in [0.05, 0.1) is 0 Å². The molecular formula is C17H28N4O3. The monoisotopic (exact) mass is 336 g/mol. The first-order chi connectivity index (χ1) is 11.6. The van der Waals surface area contributed by atoms with Crippen LogP contribution in [-0.2, 0) is 9.59 Å². The molecule has 0 aromatic rings. The minimum absolute atomic E-state index is 0.147. The van der Waals surface area contributed by atoms with Gasteiger partial charge in [0.25, 0.3) is 0 Å². The van der Waals surface area contributed by atoms with E-state index in [1.165, 1.54) is 35.5 Å². The molecule has 3 aliphatic rings. The van der Waals surface area contributed by atoms with Crippen molar-refractivity contribution in [2.45, 2.75) is 44.6 Å². The second kappa shape index (κ2) is 7.51. The molecule has 24 heavy (non-hydrogen) atoms. The Labute approximate surface area is 143 Å². The van der Waals surface area contributed by atoms with Gasteiger partial charge in [-0.2, -0.15) is 0 Å². The maximum absolute atomic E-state index is 12.3. The molecule has 2 aliphatic heterocycles. The van der Waals surface area contributed by atoms with Gasteiger partial charge in [0.2, 0.25) is 11.8 Å². The van der Waals surface area contributed by atoms with Crippen molar-refractivity contribution in [1.29, 1.82) is 0 Å². The zero-order valence-electron chi connectivity index (χ0n) is 14.6. The summed E-state index contributed by atoms with van der Waals surface area (Å²) in [5, 5.41) is 0. The summed E-state index contributed by atoms with van der Waals surface area (Å²) in [5.41, 5.74) is 0. The van der Waals surface area contributed by atoms with E-state index < -0.39 is 0 Å². The van der Waals surface area contributed by atoms with Crippen LogP contribution in [0.2, 0.25) is 0 Å². The van der Waals surface area contributed by atoms with Crippen molar-refractivity contribution >= 4 is 17.8 Å². The summed E-state index contributed by atoms with van der Waals surface area (Å²) in [6, 6.07) is 0.476. The zero-order valence-corrected chi connectivity index (χ0v) is 14.6. The highest BCUT2D eigenvalue weighted by Gasteiger charge is 2.33. The molecule has 0 aromatic carbocycles. The number of imide groups is 1. The zero-order chi connectivity index (χ0) is 17.1. The molecule has 2 saturated heterocycles. The third-order valence-corrected chi connectivity index (χ3v) is 5.51. The van der Waals surface area contributed by atoms with Crippen molar-refractivity contribution < 1.29 is 14.4 Å². The van der Waals surface area contributed by atoms with Crippen molar-refractivity contribution in [2.75, 3.05) is 46.3 Å². The number of likely N-dealkylation sites (N-methyl/N-ethyl adjacent to an activating group) is 1. The third-order valence-electron chi connectivity index (χ3n) is 5.51. The number of piperazine rings is 1. The SMILES string of the molecule is CN1CC(=O)N(CCCC(=O)N2CCN(C3CCCC3)CC2)C1=O. The van der Waals surface area contributed by atoms with Crippen LogP contribution in [0, 0.1) is 0 Å². The van der Waals surface area contributed by atoms with Gasteiger partial charge in [-0.05, 0) is 19.3 Å². The number of rotatable bonds is 5. The van der Waals surface area contributed by atoms with Crippen LogP contribution in [0.25, 0.3) is 0 Å². The first kappa shape index (κ1) is 17.2. The lowest BCUT2D eigenvalue weighted by Crippen LogP contribution is -2.51. The summed E-state index contributed by atoms with van der Waals surface area (Å²) in [7, 11) is 1.62. The molecule has 0 bridgehead atoms. The first-order valence-electron chi connectivity index (χ1n) is 9.13. The van der Waals surface area contributed by atoms with E-state index in [0.717, 1.165) is 32.2 Å². The Kier molecular flexibility index (Phi) is 5.38. The summed E-state index contributed by atoms with van der Waals surface area (Å²) in [5.74, 6) is -0.0198. The summed E-state index contributed by atoms with van der Waals surface area (Å²) < 4.78 is 0. The van der Waals surface area contributed by atoms with E-state index in [4.69, 9.17) is 0 Å². The lowest BCUT2D eigenvalue weighted by molar-refractivity contribution is -0.134. The van der Waals surface area contributed by atoms with Gasteiger partial charge in [0.15, 0.2) is 0 Å². The number of hydrogen-bond donors (Lipinski definition) is 0. The smallest absolute Gasteiger partial charge is 0.326 e. The van der Waals surface area contributed by atoms with Crippen LogP contribution < -0.4 is 0 Å². The number of carbonyl (C=O) groups is 3. The molecule has 0 atom stereocenters. The van der Waals surface area contributed by atoms with Crippen LogP contribution >= 0.6 is 0 Å². The van der Waals surface area contributed by atoms with E-state index in [1.54, 1.807) is 7.05 Å². The second-order valence-electron chi connectivity index (χ2n) is 7.14. The predicted octanol–water partition coefficient (Wildman–Crippen LogP) is 0.747. The minimum Gasteiger partial charge on any atom is -0.340 e. The number of urea groups is 1. The molecule has 134 valence electrons. The molecule has 3 fully saturated rings. The summed E-state index contributed by atoms with van der Waals surface area (Å²) >= 11 is 0. The Bertz CT molecular complexity index is 496. The van der Waals surface area contributed by atoms with Gasteiger partial charge < -0.3 is 9.80 Å². The van der Waals surface area contributed by atoms with E-state index in [0.29, 0.717) is 19.4 Å². The van der Waals surface area contributed by atoms with Gasteiger partial charge in [-0.15, -0.1) is 0 Å². The Morgan fingerprint density at radius 1 is 1.08 bits per heavy atom. The van der Waals surface area contributed by atoms with Gasteiger partial charge in [0.1, 0.15) is 6.54 Å². The number of hydrogen-bond acceptors (Lipinski definition) is 4. The molecule has 3 rings (SSSR count). The van der Waals surface area contributed by atoms with Crippen LogP contribution in [0.15, 0.2) is 0 Å². The van der Waals surface area contributed by atoms with E-state index in [1.807, 2.05) is 4.90 Å². The third kappa shape index (κ3) is 3.71. The average Bonchev–Trinajstić information content (AvgIpc) is 3.19. The molecule has 0 aromatic heterocycles. The minimum atomic E-state index is -0.252. The van der Waals surface area contributed by atoms with Crippen molar-refractivity contribution in [3.05, 3.63) is 0 Å². The lowest BCUT2D eigenvalue weighted by atomic mass is 10.1. The normalized spacial score (nSPS) is 23.6. The molecule has 0 spiro atoms. The van der Waals surface area contributed by atoms with Crippen molar-refractivity contribution in [3.8, 4) is 0 Å². The van der Waals surface area contributed by atoms with Crippen molar-refractivity contribution in [1.82, 2.24) is 19.6 Å². The topological polar surface area (TPSA) is 64.2 Å². The molecule has 2 heterocycles. The molecule has 0 unspecified atom stereocenters. The first-order valence-corrected chi connectivity index (χ1v) is 9.13. The maximum Gasteiger partial charge on any atom is 0.326 e. The Balaban J connectivity index is 1.37. The molecule has 1 aliphatic carbocycles. The molecule has 4 amide bonds. The van der Waals surface area contributed by atoms with Gasteiger partial charge in [-0.25, -0.2) is 4.79 Å².